The number of amides is 1. The lowest BCUT2D eigenvalue weighted by Gasteiger charge is -2.11. The maximum absolute atomic E-state index is 12.1. The van der Waals surface area contributed by atoms with Crippen LogP contribution in [0.2, 0.25) is 0 Å². The summed E-state index contributed by atoms with van der Waals surface area (Å²) >= 11 is 1.53. The van der Waals surface area contributed by atoms with Gasteiger partial charge in [-0.2, -0.15) is 0 Å². The zero-order chi connectivity index (χ0) is 17.8. The second-order valence-corrected chi connectivity index (χ2v) is 7.42. The van der Waals surface area contributed by atoms with Crippen molar-refractivity contribution >= 4 is 17.7 Å². The van der Waals surface area contributed by atoms with Crippen molar-refractivity contribution in [2.75, 3.05) is 12.5 Å². The number of nitrogens with one attached hydrogen (secondary N) is 1. The summed E-state index contributed by atoms with van der Waals surface area (Å²) in [4.78, 5) is 12.1. The first-order chi connectivity index (χ1) is 12.8. The van der Waals surface area contributed by atoms with Crippen LogP contribution in [0.4, 0.5) is 0 Å². The number of tetrazole rings is 1. The highest BCUT2D eigenvalue weighted by atomic mass is 32.2. The van der Waals surface area contributed by atoms with E-state index in [0.717, 1.165) is 35.7 Å². The molecule has 2 aliphatic rings. The van der Waals surface area contributed by atoms with Crippen LogP contribution in [0.25, 0.3) is 0 Å². The minimum atomic E-state index is -0.00689. The topological polar surface area (TPSA) is 91.2 Å². The Kier molecular flexibility index (Phi) is 5.24. The Morgan fingerprint density at radius 2 is 2.12 bits per heavy atom. The molecule has 138 valence electrons. The van der Waals surface area contributed by atoms with Crippen LogP contribution in [0.1, 0.15) is 43.1 Å². The number of hydrogen-bond acceptors (Lipinski definition) is 7. The van der Waals surface area contributed by atoms with Gasteiger partial charge in [-0.05, 0) is 41.0 Å². The van der Waals surface area contributed by atoms with Crippen molar-refractivity contribution in [3.05, 3.63) is 29.6 Å². The van der Waals surface area contributed by atoms with Crippen molar-refractivity contribution in [2.45, 2.75) is 44.0 Å². The van der Waals surface area contributed by atoms with Crippen molar-refractivity contribution in [1.82, 2.24) is 25.5 Å². The molecule has 0 spiro atoms. The van der Waals surface area contributed by atoms with Gasteiger partial charge in [0, 0.05) is 6.54 Å². The monoisotopic (exact) mass is 375 g/mol. The number of ether oxygens (including phenoxy) is 2. The van der Waals surface area contributed by atoms with Crippen molar-refractivity contribution in [3.63, 3.8) is 0 Å². The van der Waals surface area contributed by atoms with Gasteiger partial charge in [0.25, 0.3) is 0 Å². The van der Waals surface area contributed by atoms with Crippen LogP contribution in [0, 0.1) is 0 Å². The SMILES string of the molecule is O=C(CSCc1nnnn1C1CCCC1)NCc1ccc2c(c1)OCO2. The normalized spacial score (nSPS) is 16.2. The lowest BCUT2D eigenvalue weighted by Crippen LogP contribution is -2.24. The first-order valence-corrected chi connectivity index (χ1v) is 9.95. The molecule has 26 heavy (non-hydrogen) atoms. The van der Waals surface area contributed by atoms with Crippen molar-refractivity contribution in [2.24, 2.45) is 0 Å². The highest BCUT2D eigenvalue weighted by Crippen LogP contribution is 2.32. The van der Waals surface area contributed by atoms with Gasteiger partial charge in [-0.3, -0.25) is 4.79 Å². The zero-order valence-electron chi connectivity index (χ0n) is 14.4. The van der Waals surface area contributed by atoms with E-state index in [1.165, 1.54) is 24.6 Å². The lowest BCUT2D eigenvalue weighted by atomic mass is 10.2. The molecule has 8 nitrogen and oxygen atoms in total. The molecule has 1 N–H and O–H groups in total. The number of nitrogens with zero attached hydrogens (tertiary/aromatic N) is 4. The molecule has 0 atom stereocenters. The summed E-state index contributed by atoms with van der Waals surface area (Å²) in [6.07, 6.45) is 4.75. The molecule has 0 unspecified atom stereocenters. The smallest absolute Gasteiger partial charge is 0.231 e. The van der Waals surface area contributed by atoms with Gasteiger partial charge in [-0.15, -0.1) is 16.9 Å². The molecule has 0 bridgehead atoms. The fraction of sp³-hybridized carbons (Fsp3) is 0.529. The number of rotatable bonds is 7. The second-order valence-electron chi connectivity index (χ2n) is 6.44. The van der Waals surface area contributed by atoms with E-state index in [9.17, 15) is 4.79 Å². The van der Waals surface area contributed by atoms with E-state index >= 15 is 0 Å². The second kappa shape index (κ2) is 7.94. The average molecular weight is 375 g/mol. The first kappa shape index (κ1) is 17.1. The summed E-state index contributed by atoms with van der Waals surface area (Å²) in [6, 6.07) is 6.10. The van der Waals surface area contributed by atoms with Crippen LogP contribution >= 0.6 is 11.8 Å². The van der Waals surface area contributed by atoms with Gasteiger partial charge in [0.15, 0.2) is 17.3 Å². The Balaban J connectivity index is 1.22. The molecule has 0 saturated heterocycles. The van der Waals surface area contributed by atoms with E-state index in [-0.39, 0.29) is 12.7 Å². The first-order valence-electron chi connectivity index (χ1n) is 8.79. The number of thioether (sulfide) groups is 1. The van der Waals surface area contributed by atoms with E-state index in [4.69, 9.17) is 9.47 Å². The van der Waals surface area contributed by atoms with E-state index < -0.39 is 0 Å². The minimum absolute atomic E-state index is 0.00689. The molecule has 4 rings (SSSR count). The van der Waals surface area contributed by atoms with Gasteiger partial charge < -0.3 is 14.8 Å². The van der Waals surface area contributed by atoms with Gasteiger partial charge in [-0.1, -0.05) is 18.9 Å². The fourth-order valence-electron chi connectivity index (χ4n) is 3.28. The predicted molar refractivity (Wildman–Crippen MR) is 95.9 cm³/mol. The molecule has 1 fully saturated rings. The number of benzene rings is 1. The van der Waals surface area contributed by atoms with Gasteiger partial charge in [0.1, 0.15) is 0 Å². The third-order valence-electron chi connectivity index (χ3n) is 4.62. The summed E-state index contributed by atoms with van der Waals surface area (Å²) in [6.45, 7) is 0.720. The number of aromatic nitrogens is 4. The molecule has 1 aromatic heterocycles. The molecule has 1 amide bonds. The Hall–Kier alpha value is -2.29. The van der Waals surface area contributed by atoms with Crippen LogP contribution < -0.4 is 14.8 Å². The third kappa shape index (κ3) is 3.92. The van der Waals surface area contributed by atoms with Gasteiger partial charge in [0.05, 0.1) is 17.5 Å². The van der Waals surface area contributed by atoms with Crippen molar-refractivity contribution < 1.29 is 14.3 Å². The summed E-state index contributed by atoms with van der Waals surface area (Å²) in [5.74, 6) is 3.33. The molecular formula is C17H21N5O3S. The Morgan fingerprint density at radius 1 is 1.27 bits per heavy atom. The fourth-order valence-corrected chi connectivity index (χ4v) is 4.04. The molecular weight excluding hydrogens is 354 g/mol. The Labute approximate surface area is 155 Å². The largest absolute Gasteiger partial charge is 0.454 e. The van der Waals surface area contributed by atoms with Crippen LogP contribution in [-0.2, 0) is 17.1 Å². The molecule has 0 radical (unpaired) electrons. The van der Waals surface area contributed by atoms with Crippen LogP contribution in [0.5, 0.6) is 11.5 Å². The Morgan fingerprint density at radius 3 is 3.00 bits per heavy atom. The maximum Gasteiger partial charge on any atom is 0.231 e. The number of hydrogen-bond donors (Lipinski definition) is 1. The molecule has 2 aromatic rings. The molecule has 1 saturated carbocycles. The molecule has 2 heterocycles. The lowest BCUT2D eigenvalue weighted by molar-refractivity contribution is -0.118. The average Bonchev–Trinajstić information content (AvgIpc) is 3.39. The summed E-state index contributed by atoms with van der Waals surface area (Å²) in [5, 5.41) is 14.9. The molecule has 1 aliphatic heterocycles. The van der Waals surface area contributed by atoms with E-state index in [2.05, 4.69) is 20.8 Å². The third-order valence-corrected chi connectivity index (χ3v) is 5.55. The van der Waals surface area contributed by atoms with E-state index in [1.807, 2.05) is 22.9 Å². The number of carbonyl (C=O) groups excluding carboxylic acids is 1. The predicted octanol–water partition coefficient (Wildman–Crippen LogP) is 2.07. The molecule has 1 aromatic carbocycles. The van der Waals surface area contributed by atoms with Gasteiger partial charge in [0.2, 0.25) is 12.7 Å². The van der Waals surface area contributed by atoms with Crippen molar-refractivity contribution in [1.29, 1.82) is 0 Å². The van der Waals surface area contributed by atoms with E-state index in [0.29, 0.717) is 24.1 Å². The summed E-state index contributed by atoms with van der Waals surface area (Å²) in [7, 11) is 0. The zero-order valence-corrected chi connectivity index (χ0v) is 15.2. The minimum Gasteiger partial charge on any atom is -0.454 e. The summed E-state index contributed by atoms with van der Waals surface area (Å²) < 4.78 is 12.6. The number of carbonyl (C=O) groups is 1. The van der Waals surface area contributed by atoms with Crippen molar-refractivity contribution in [3.8, 4) is 11.5 Å². The Bertz CT molecular complexity index is 776. The van der Waals surface area contributed by atoms with Crippen LogP contribution in [-0.4, -0.2) is 38.7 Å². The van der Waals surface area contributed by atoms with Gasteiger partial charge >= 0.3 is 0 Å². The summed E-state index contributed by atoms with van der Waals surface area (Å²) in [5.41, 5.74) is 0.984. The highest BCUT2D eigenvalue weighted by molar-refractivity contribution is 7.99. The van der Waals surface area contributed by atoms with Crippen LogP contribution in [0.15, 0.2) is 18.2 Å². The standard InChI is InChI=1S/C17H21N5O3S/c23-17(18-8-12-5-6-14-15(7-12)25-11-24-14)10-26-9-16-19-20-21-22(16)13-3-1-2-4-13/h5-7,13H,1-4,8-11H2,(H,18,23). The maximum atomic E-state index is 12.1. The van der Waals surface area contributed by atoms with Gasteiger partial charge in [-0.25, -0.2) is 4.68 Å². The molecule has 1 aliphatic carbocycles. The molecule has 9 heteroatoms. The van der Waals surface area contributed by atoms with E-state index in [1.54, 1.807) is 0 Å². The quantitative estimate of drug-likeness (QED) is 0.792. The van der Waals surface area contributed by atoms with Crippen LogP contribution in [0.3, 0.4) is 0 Å². The number of fused-ring (bicyclic) bond motifs is 1. The highest BCUT2D eigenvalue weighted by Gasteiger charge is 2.21.